The highest BCUT2D eigenvalue weighted by Gasteiger charge is 2.24. The van der Waals surface area contributed by atoms with Gasteiger partial charge in [-0.3, -0.25) is 0 Å². The summed E-state index contributed by atoms with van der Waals surface area (Å²) in [6, 6.07) is 3.88. The molecule has 0 amide bonds. The molecular formula is C17H12ClN3OS. The van der Waals surface area contributed by atoms with E-state index >= 15 is 0 Å². The highest BCUT2D eigenvalue weighted by atomic mass is 35.5. The molecule has 0 spiro atoms. The van der Waals surface area contributed by atoms with E-state index in [-0.39, 0.29) is 0 Å². The van der Waals surface area contributed by atoms with Crippen LogP contribution in [0.3, 0.4) is 0 Å². The number of aromatic nitrogens is 3. The third kappa shape index (κ3) is 1.93. The number of fused-ring (bicyclic) bond motifs is 5. The Morgan fingerprint density at radius 1 is 1.13 bits per heavy atom. The number of pyridine rings is 1. The number of halogens is 1. The van der Waals surface area contributed by atoms with Gasteiger partial charge >= 0.3 is 0 Å². The normalized spacial score (nSPS) is 14.5. The van der Waals surface area contributed by atoms with Crippen LogP contribution < -0.4 is 0 Å². The number of hydrogen-bond donors (Lipinski definition) is 0. The van der Waals surface area contributed by atoms with Crippen LogP contribution >= 0.6 is 22.9 Å². The summed E-state index contributed by atoms with van der Waals surface area (Å²) < 4.78 is 6.54. The lowest BCUT2D eigenvalue weighted by Gasteiger charge is -2.19. The molecule has 0 radical (unpaired) electrons. The maximum Gasteiger partial charge on any atom is 0.152 e. The Kier molecular flexibility index (Phi) is 2.93. The quantitative estimate of drug-likeness (QED) is 0.455. The molecule has 0 unspecified atom stereocenters. The zero-order chi connectivity index (χ0) is 15.4. The van der Waals surface area contributed by atoms with Crippen LogP contribution in [0, 0.1) is 0 Å². The molecular weight excluding hydrogens is 330 g/mol. The second-order valence-electron chi connectivity index (χ2n) is 5.73. The molecule has 0 N–H and O–H groups in total. The number of thiophene rings is 1. The van der Waals surface area contributed by atoms with Crippen molar-refractivity contribution in [2.24, 2.45) is 0 Å². The molecule has 0 aromatic carbocycles. The van der Waals surface area contributed by atoms with Crippen molar-refractivity contribution in [1.82, 2.24) is 15.0 Å². The van der Waals surface area contributed by atoms with Crippen LogP contribution in [0.4, 0.5) is 0 Å². The smallest absolute Gasteiger partial charge is 0.152 e. The largest absolute Gasteiger partial charge is 0.463 e. The first-order valence-corrected chi connectivity index (χ1v) is 8.80. The fraction of sp³-hybridized carbons (Fsp3) is 0.235. The van der Waals surface area contributed by atoms with Gasteiger partial charge in [0.05, 0.1) is 16.5 Å². The van der Waals surface area contributed by atoms with Crippen molar-refractivity contribution in [2.45, 2.75) is 25.7 Å². The van der Waals surface area contributed by atoms with Gasteiger partial charge in [0.1, 0.15) is 22.0 Å². The van der Waals surface area contributed by atoms with Crippen molar-refractivity contribution in [2.75, 3.05) is 0 Å². The van der Waals surface area contributed by atoms with Crippen molar-refractivity contribution in [3.05, 3.63) is 41.0 Å². The summed E-state index contributed by atoms with van der Waals surface area (Å²) in [6.45, 7) is 0. The van der Waals surface area contributed by atoms with Crippen LogP contribution in [0.15, 0.2) is 29.1 Å². The van der Waals surface area contributed by atoms with Crippen LogP contribution in [0.5, 0.6) is 0 Å². The predicted octanol–water partition coefficient (Wildman–Crippen LogP) is 5.03. The van der Waals surface area contributed by atoms with Gasteiger partial charge in [0.25, 0.3) is 0 Å². The van der Waals surface area contributed by atoms with Crippen molar-refractivity contribution in [1.29, 1.82) is 0 Å². The fourth-order valence-electron chi connectivity index (χ4n) is 3.45. The van der Waals surface area contributed by atoms with Crippen LogP contribution in [0.25, 0.3) is 31.9 Å². The predicted molar refractivity (Wildman–Crippen MR) is 92.1 cm³/mol. The molecule has 5 rings (SSSR count). The molecule has 1 aliphatic carbocycles. The van der Waals surface area contributed by atoms with Gasteiger partial charge in [0.15, 0.2) is 5.76 Å². The maximum atomic E-state index is 6.26. The average molecular weight is 342 g/mol. The third-order valence-corrected chi connectivity index (χ3v) is 5.91. The molecule has 0 fully saturated rings. The van der Waals surface area contributed by atoms with E-state index in [0.29, 0.717) is 5.15 Å². The summed E-state index contributed by atoms with van der Waals surface area (Å²) in [5, 5.41) is 1.65. The first kappa shape index (κ1) is 13.5. The molecule has 1 aliphatic rings. The molecule has 114 valence electrons. The van der Waals surface area contributed by atoms with Crippen molar-refractivity contribution in [3.63, 3.8) is 0 Å². The number of furan rings is 1. The minimum atomic E-state index is 0.502. The number of rotatable bonds is 1. The number of hydrogen-bond acceptors (Lipinski definition) is 5. The van der Waals surface area contributed by atoms with Crippen molar-refractivity contribution in [3.8, 4) is 11.5 Å². The van der Waals surface area contributed by atoms with Gasteiger partial charge in [-0.05, 0) is 48.9 Å². The van der Waals surface area contributed by atoms with E-state index in [4.69, 9.17) is 21.0 Å². The molecule has 0 bridgehead atoms. The topological polar surface area (TPSA) is 51.8 Å². The first-order chi connectivity index (χ1) is 11.3. The van der Waals surface area contributed by atoms with Gasteiger partial charge in [-0.2, -0.15) is 0 Å². The monoisotopic (exact) mass is 341 g/mol. The molecule has 0 saturated carbocycles. The van der Waals surface area contributed by atoms with Gasteiger partial charge in [-0.1, -0.05) is 11.6 Å². The van der Waals surface area contributed by atoms with Gasteiger partial charge in [0.2, 0.25) is 0 Å². The summed E-state index contributed by atoms with van der Waals surface area (Å²) in [5.74, 6) is 0.833. The van der Waals surface area contributed by atoms with Gasteiger partial charge in [-0.25, -0.2) is 15.0 Å². The molecule has 23 heavy (non-hydrogen) atoms. The fourth-order valence-corrected chi connectivity index (χ4v) is 4.74. The lowest BCUT2D eigenvalue weighted by Crippen LogP contribution is -2.06. The standard InChI is InChI=1S/C17H12ClN3OS/c18-16-15-14(19-8-20-16)12-9-4-1-2-5-10(9)13(21-17(12)23-15)11-6-3-7-22-11/h3,6-8H,1-2,4-5H2. The second-order valence-corrected chi connectivity index (χ2v) is 7.08. The lowest BCUT2D eigenvalue weighted by molar-refractivity contribution is 0.577. The second kappa shape index (κ2) is 5.01. The van der Waals surface area contributed by atoms with E-state index < -0.39 is 0 Å². The first-order valence-electron chi connectivity index (χ1n) is 7.61. The molecule has 4 nitrogen and oxygen atoms in total. The van der Waals surface area contributed by atoms with Crippen LogP contribution in [0.1, 0.15) is 24.0 Å². The molecule has 6 heteroatoms. The molecule has 4 aromatic heterocycles. The Balaban J connectivity index is 1.95. The Hall–Kier alpha value is -1.98. The number of nitrogens with zero attached hydrogens (tertiary/aromatic N) is 3. The Morgan fingerprint density at radius 3 is 2.83 bits per heavy atom. The summed E-state index contributed by atoms with van der Waals surface area (Å²) >= 11 is 7.83. The SMILES string of the molecule is Clc1ncnc2c1sc1nc(-c3ccco3)c3c(c12)CCCC3. The van der Waals surface area contributed by atoms with Gasteiger partial charge < -0.3 is 4.42 Å². The molecule has 4 aromatic rings. The van der Waals surface area contributed by atoms with Crippen LogP contribution in [-0.4, -0.2) is 15.0 Å². The van der Waals surface area contributed by atoms with E-state index in [1.165, 1.54) is 30.3 Å². The molecule has 0 atom stereocenters. The molecule has 4 heterocycles. The summed E-state index contributed by atoms with van der Waals surface area (Å²) in [5.41, 5.74) is 4.55. The summed E-state index contributed by atoms with van der Waals surface area (Å²) in [7, 11) is 0. The Bertz CT molecular complexity index is 1040. The Labute approximate surface area is 141 Å². The third-order valence-electron chi connectivity index (χ3n) is 4.43. The lowest BCUT2D eigenvalue weighted by atomic mass is 9.88. The Morgan fingerprint density at radius 2 is 2.00 bits per heavy atom. The van der Waals surface area contributed by atoms with E-state index in [0.717, 1.165) is 44.7 Å². The zero-order valence-electron chi connectivity index (χ0n) is 12.2. The van der Waals surface area contributed by atoms with Crippen LogP contribution in [-0.2, 0) is 12.8 Å². The maximum absolute atomic E-state index is 6.26. The van der Waals surface area contributed by atoms with E-state index in [1.807, 2.05) is 12.1 Å². The van der Waals surface area contributed by atoms with Crippen molar-refractivity contribution >= 4 is 43.4 Å². The van der Waals surface area contributed by atoms with Gasteiger partial charge in [-0.15, -0.1) is 11.3 Å². The van der Waals surface area contributed by atoms with E-state index in [9.17, 15) is 0 Å². The highest BCUT2D eigenvalue weighted by Crippen LogP contribution is 2.42. The molecule has 0 aliphatic heterocycles. The summed E-state index contributed by atoms with van der Waals surface area (Å²) in [6.07, 6.45) is 7.70. The van der Waals surface area contributed by atoms with Crippen LogP contribution in [0.2, 0.25) is 5.15 Å². The highest BCUT2D eigenvalue weighted by molar-refractivity contribution is 7.26. The van der Waals surface area contributed by atoms with E-state index in [1.54, 1.807) is 17.6 Å². The molecule has 0 saturated heterocycles. The van der Waals surface area contributed by atoms with E-state index in [2.05, 4.69) is 9.97 Å². The summed E-state index contributed by atoms with van der Waals surface area (Å²) in [4.78, 5) is 14.5. The van der Waals surface area contributed by atoms with Crippen molar-refractivity contribution < 1.29 is 4.42 Å². The average Bonchev–Trinajstić information content (AvgIpc) is 3.22. The minimum Gasteiger partial charge on any atom is -0.463 e. The minimum absolute atomic E-state index is 0.502. The number of aryl methyl sites for hydroxylation is 1. The zero-order valence-corrected chi connectivity index (χ0v) is 13.7. The van der Waals surface area contributed by atoms with Gasteiger partial charge in [0, 0.05) is 5.39 Å².